The standard InChI is InChI=1S/C18H36O2.C7H6O2S.C2H5.Hg.Na.H/c1-2-3-4-5-6-7-8-9-10-11-12-13-14-15-16-17-18(19)20;8-7(9)5-3-1-2-4-6(5)10;1-2;;;/h2-17H2,1H3,(H,19,20);1-4,10H,(H,8,9);1H2,2H3;;;/q;;;+1;;/p-1. The summed E-state index contributed by atoms with van der Waals surface area (Å²) < 4.78 is 1.28. The van der Waals surface area contributed by atoms with Crippen LogP contribution < -0.4 is 0 Å². The topological polar surface area (TPSA) is 74.6 Å². The predicted molar refractivity (Wildman–Crippen MR) is 144 cm³/mol. The molecule has 0 amide bonds. The van der Waals surface area contributed by atoms with Crippen LogP contribution in [0.3, 0.4) is 0 Å². The van der Waals surface area contributed by atoms with Gasteiger partial charge in [-0.25, -0.2) is 0 Å². The van der Waals surface area contributed by atoms with Gasteiger partial charge in [-0.05, 0) is 6.42 Å². The summed E-state index contributed by atoms with van der Waals surface area (Å²) in [4.78, 5) is 22.1. The van der Waals surface area contributed by atoms with Crippen molar-refractivity contribution in [2.45, 2.75) is 125 Å². The summed E-state index contributed by atoms with van der Waals surface area (Å²) in [6.07, 6.45) is 20.2. The minimum absolute atomic E-state index is 0. The molecule has 0 aliphatic heterocycles. The van der Waals surface area contributed by atoms with Gasteiger partial charge in [0.2, 0.25) is 0 Å². The molecule has 1 aromatic carbocycles. The summed E-state index contributed by atoms with van der Waals surface area (Å²) in [5.74, 6) is -1.47. The van der Waals surface area contributed by atoms with Gasteiger partial charge in [0.05, 0.1) is 0 Å². The van der Waals surface area contributed by atoms with Gasteiger partial charge in [-0.3, -0.25) is 4.79 Å². The zero-order valence-corrected chi connectivity index (χ0v) is 27.5. The molecule has 0 aromatic heterocycles. The second-order valence-electron chi connectivity index (χ2n) is 8.74. The fourth-order valence-electron chi connectivity index (χ4n) is 3.63. The molecule has 1 rings (SSSR count). The summed E-state index contributed by atoms with van der Waals surface area (Å²) >= 11 is -0.860. The van der Waals surface area contributed by atoms with Crippen LogP contribution in [-0.2, 0) is 27.9 Å². The first-order valence-corrected chi connectivity index (χ1v) is 24.8. The Labute approximate surface area is 245 Å². The molecule has 1 aromatic rings. The Morgan fingerprint density at radius 1 is 0.735 bits per heavy atom. The molecular formula is C27H47HgNaO4S. The zero-order valence-electron chi connectivity index (χ0n) is 21.2. The van der Waals surface area contributed by atoms with Gasteiger partial charge in [0.25, 0.3) is 0 Å². The molecule has 0 bridgehead atoms. The van der Waals surface area contributed by atoms with Gasteiger partial charge in [-0.2, -0.15) is 0 Å². The molecule has 0 fully saturated rings. The van der Waals surface area contributed by atoms with E-state index in [0.717, 1.165) is 17.7 Å². The van der Waals surface area contributed by atoms with E-state index in [4.69, 9.17) is 10.2 Å². The van der Waals surface area contributed by atoms with Crippen LogP contribution in [0.5, 0.6) is 0 Å². The van der Waals surface area contributed by atoms with Crippen LogP contribution in [0.1, 0.15) is 127 Å². The molecule has 0 aliphatic rings. The van der Waals surface area contributed by atoms with Crippen LogP contribution in [0.25, 0.3) is 0 Å². The van der Waals surface area contributed by atoms with Gasteiger partial charge in [0, 0.05) is 6.42 Å². The summed E-state index contributed by atoms with van der Waals surface area (Å²) in [5.41, 5.74) is 0.459. The number of rotatable bonds is 20. The molecule has 2 N–H and O–H groups in total. The van der Waals surface area contributed by atoms with E-state index in [2.05, 4.69) is 13.8 Å². The van der Waals surface area contributed by atoms with Crippen molar-refractivity contribution in [1.82, 2.24) is 0 Å². The van der Waals surface area contributed by atoms with Crippen molar-refractivity contribution in [1.29, 1.82) is 0 Å². The van der Waals surface area contributed by atoms with Crippen LogP contribution in [-0.4, -0.2) is 51.7 Å². The molecule has 188 valence electrons. The Bertz CT molecular complexity index is 616. The molecule has 0 radical (unpaired) electrons. The molecule has 34 heavy (non-hydrogen) atoms. The fraction of sp³-hybridized carbons (Fsp3) is 0.704. The third kappa shape index (κ3) is 24.2. The molecule has 4 nitrogen and oxygen atoms in total. The number of carboxylic acid groups (broad SMARTS) is 2. The van der Waals surface area contributed by atoms with Gasteiger partial charge in [-0.1, -0.05) is 96.8 Å². The average molecular weight is 691 g/mol. The van der Waals surface area contributed by atoms with E-state index in [1.165, 1.54) is 87.4 Å². The van der Waals surface area contributed by atoms with E-state index in [-0.39, 0.29) is 29.6 Å². The van der Waals surface area contributed by atoms with Crippen LogP contribution >= 0.6 is 8.24 Å². The third-order valence-corrected chi connectivity index (χ3v) is 17.6. The van der Waals surface area contributed by atoms with Crippen molar-refractivity contribution < 1.29 is 42.9 Å². The van der Waals surface area contributed by atoms with E-state index < -0.39 is 35.0 Å². The summed E-state index contributed by atoms with van der Waals surface area (Å²) in [5, 5.41) is 17.4. The Balaban J connectivity index is 0. The average Bonchev–Trinajstić information content (AvgIpc) is 2.80. The van der Waals surface area contributed by atoms with Crippen molar-refractivity contribution in [3.8, 4) is 0 Å². The molecule has 0 unspecified atom stereocenters. The molecule has 7 heteroatoms. The quantitative estimate of drug-likeness (QED) is 0.106. The molecule has 0 heterocycles. The zero-order chi connectivity index (χ0) is 24.6. The maximum absolute atomic E-state index is 10.8. The maximum atomic E-state index is 10.8. The monoisotopic (exact) mass is 692 g/mol. The van der Waals surface area contributed by atoms with Gasteiger partial charge in [0.15, 0.2) is 0 Å². The number of hydrogen-bond acceptors (Lipinski definition) is 3. The van der Waals surface area contributed by atoms with Gasteiger partial charge in [0.1, 0.15) is 0 Å². The summed E-state index contributed by atoms with van der Waals surface area (Å²) in [7, 11) is 1.82. The first-order chi connectivity index (χ1) is 16.0. The summed E-state index contributed by atoms with van der Waals surface area (Å²) in [6, 6.07) is 7.26. The van der Waals surface area contributed by atoms with E-state index in [1.807, 2.05) is 20.4 Å². The van der Waals surface area contributed by atoms with Crippen LogP contribution in [0.15, 0.2) is 29.2 Å². The minimum atomic E-state index is -0.860. The number of aromatic carboxylic acids is 1. The van der Waals surface area contributed by atoms with Crippen molar-refractivity contribution in [3.63, 3.8) is 0 Å². The Morgan fingerprint density at radius 2 is 1.18 bits per heavy atom. The van der Waals surface area contributed by atoms with Gasteiger partial charge < -0.3 is 5.11 Å². The molecule has 0 saturated heterocycles. The molecule has 0 spiro atoms. The number of aliphatic carboxylic acids is 1. The molecule has 0 saturated carbocycles. The second-order valence-corrected chi connectivity index (χ2v) is 21.9. The number of carbonyl (C=O) groups is 2. The third-order valence-electron chi connectivity index (χ3n) is 5.57. The van der Waals surface area contributed by atoms with Crippen LogP contribution in [0, 0.1) is 0 Å². The van der Waals surface area contributed by atoms with E-state index in [0.29, 0.717) is 12.0 Å². The number of unbranched alkanes of at least 4 members (excludes halogenated alkanes) is 14. The van der Waals surface area contributed by atoms with Crippen molar-refractivity contribution >= 4 is 49.7 Å². The van der Waals surface area contributed by atoms with Gasteiger partial charge in [-0.15, -0.1) is 0 Å². The SMILES string of the molecule is CCCCCCCCCCCCCCCCCC(=O)O.C[CH2][Hg][S]c1ccccc1C(=O)O.[NaH]. The molecule has 0 aliphatic carbocycles. The molecular weight excluding hydrogens is 644 g/mol. The van der Waals surface area contributed by atoms with Gasteiger partial charge >= 0.3 is 128 Å². The molecule has 0 atom stereocenters. The first kappa shape index (κ1) is 36.6. The van der Waals surface area contributed by atoms with Crippen LogP contribution in [0.4, 0.5) is 0 Å². The van der Waals surface area contributed by atoms with E-state index in [9.17, 15) is 9.59 Å². The van der Waals surface area contributed by atoms with Crippen LogP contribution in [0.2, 0.25) is 3.93 Å². The normalized spacial score (nSPS) is 9.94. The Morgan fingerprint density at radius 3 is 1.59 bits per heavy atom. The second kappa shape index (κ2) is 28.0. The Hall–Kier alpha value is 0.445. The number of benzene rings is 1. The van der Waals surface area contributed by atoms with E-state index in [1.54, 1.807) is 12.1 Å². The van der Waals surface area contributed by atoms with Crippen molar-refractivity contribution in [2.75, 3.05) is 0 Å². The van der Waals surface area contributed by atoms with Crippen molar-refractivity contribution in [2.24, 2.45) is 0 Å². The first-order valence-electron chi connectivity index (χ1n) is 13.2. The number of hydrogen-bond donors (Lipinski definition) is 2. The Kier molecular flexibility index (Phi) is 30.2. The number of carboxylic acids is 2. The summed E-state index contributed by atoms with van der Waals surface area (Å²) in [6.45, 7) is 4.45. The van der Waals surface area contributed by atoms with Crippen molar-refractivity contribution in [3.05, 3.63) is 29.8 Å². The fourth-order valence-corrected chi connectivity index (χ4v) is 12.4. The van der Waals surface area contributed by atoms with E-state index >= 15 is 0 Å². The predicted octanol–water partition coefficient (Wildman–Crippen LogP) is 8.60.